The number of anilines is 1. The molecule has 0 radical (unpaired) electrons. The monoisotopic (exact) mass is 453 g/mol. The van der Waals surface area contributed by atoms with Gasteiger partial charge in [-0.3, -0.25) is 5.21 Å². The Balaban J connectivity index is 1.60. The molecule has 3 aromatic carbocycles. The highest BCUT2D eigenvalue weighted by molar-refractivity contribution is 6.30. The predicted octanol–water partition coefficient (Wildman–Crippen LogP) is 5.02. The Morgan fingerprint density at radius 1 is 1.00 bits per heavy atom. The zero-order chi connectivity index (χ0) is 22.4. The van der Waals surface area contributed by atoms with E-state index in [1.165, 1.54) is 0 Å². The Kier molecular flexibility index (Phi) is 7.42. The minimum atomic E-state index is -0.662. The van der Waals surface area contributed by atoms with Gasteiger partial charge in [-0.25, -0.2) is 0 Å². The van der Waals surface area contributed by atoms with Gasteiger partial charge >= 0.3 is 0 Å². The lowest BCUT2D eigenvalue weighted by Gasteiger charge is -2.44. The van der Waals surface area contributed by atoms with Gasteiger partial charge in [0.15, 0.2) is 0 Å². The summed E-state index contributed by atoms with van der Waals surface area (Å²) in [6.45, 7) is 2.14. The summed E-state index contributed by atoms with van der Waals surface area (Å²) in [5.41, 5.74) is 2.39. The van der Waals surface area contributed by atoms with Crippen molar-refractivity contribution in [3.8, 4) is 0 Å². The largest absolute Gasteiger partial charge is 0.733 e. The van der Waals surface area contributed by atoms with Crippen molar-refractivity contribution in [1.29, 1.82) is 0 Å². The molecule has 32 heavy (non-hydrogen) atoms. The Hall–Kier alpha value is -2.45. The molecule has 7 heteroatoms. The fourth-order valence-corrected chi connectivity index (χ4v) is 4.21. The van der Waals surface area contributed by atoms with E-state index in [0.29, 0.717) is 18.2 Å². The van der Waals surface area contributed by atoms with Crippen molar-refractivity contribution in [1.82, 2.24) is 5.32 Å². The fraction of sp³-hybridized carbons (Fsp3) is 0.280. The van der Waals surface area contributed by atoms with Crippen molar-refractivity contribution >= 4 is 17.3 Å². The zero-order valence-electron chi connectivity index (χ0n) is 17.6. The van der Waals surface area contributed by atoms with Crippen molar-refractivity contribution in [2.24, 2.45) is 0 Å². The van der Waals surface area contributed by atoms with Crippen molar-refractivity contribution in [3.63, 3.8) is 0 Å². The maximum atomic E-state index is 11.2. The van der Waals surface area contributed by atoms with Gasteiger partial charge in [0.25, 0.3) is 0 Å². The van der Waals surface area contributed by atoms with Crippen LogP contribution >= 0.6 is 11.6 Å². The van der Waals surface area contributed by atoms with Crippen LogP contribution in [0.2, 0.25) is 5.02 Å². The van der Waals surface area contributed by atoms with Gasteiger partial charge < -0.3 is 25.2 Å². The maximum absolute atomic E-state index is 11.2. The van der Waals surface area contributed by atoms with Crippen LogP contribution < -0.4 is 10.5 Å². The molecular weight excluding hydrogens is 428 g/mol. The number of nitrogens with zero attached hydrogens (tertiary/aromatic N) is 1. The van der Waals surface area contributed by atoms with E-state index in [0.717, 1.165) is 29.7 Å². The van der Waals surface area contributed by atoms with E-state index in [9.17, 15) is 10.4 Å². The molecule has 168 valence electrons. The van der Waals surface area contributed by atoms with Gasteiger partial charge in [-0.15, -0.1) is 0 Å². The third kappa shape index (κ3) is 5.30. The molecule has 1 heterocycles. The predicted molar refractivity (Wildman–Crippen MR) is 124 cm³/mol. The Morgan fingerprint density at radius 3 is 2.50 bits per heavy atom. The number of piperidine rings is 1. The molecule has 2 unspecified atom stereocenters. The molecule has 1 saturated heterocycles. The first-order valence-corrected chi connectivity index (χ1v) is 11.0. The zero-order valence-corrected chi connectivity index (χ0v) is 18.4. The number of nitrogens with one attached hydrogen (secondary N) is 1. The topological polar surface area (TPSA) is 77.0 Å². The molecule has 1 aliphatic rings. The second-order valence-corrected chi connectivity index (χ2v) is 8.30. The standard InChI is InChI=1S/C25H26ClN2O4/c26-22-11-9-21(10-12-22)25(32-18-19-5-2-1-3-6-19)13-14-27-16-24(25)31-17-20-7-4-8-23(15-20)28(29)30/h1-12,15,24,27,29H,13-14,16-18H2/q-1. The summed E-state index contributed by atoms with van der Waals surface area (Å²) in [5, 5.41) is 24.4. The molecule has 1 aliphatic heterocycles. The Morgan fingerprint density at radius 2 is 1.75 bits per heavy atom. The minimum absolute atomic E-state index is 0.146. The summed E-state index contributed by atoms with van der Waals surface area (Å²) in [6, 6.07) is 24.5. The van der Waals surface area contributed by atoms with Crippen LogP contribution in [0, 0.1) is 5.21 Å². The third-order valence-electron chi connectivity index (χ3n) is 5.78. The van der Waals surface area contributed by atoms with Gasteiger partial charge in [0.1, 0.15) is 11.7 Å². The number of halogens is 1. The second-order valence-electron chi connectivity index (χ2n) is 7.87. The van der Waals surface area contributed by atoms with Crippen LogP contribution in [0.5, 0.6) is 0 Å². The third-order valence-corrected chi connectivity index (χ3v) is 6.03. The van der Waals surface area contributed by atoms with Gasteiger partial charge in [0.05, 0.1) is 18.9 Å². The number of hydrogen-bond donors (Lipinski definition) is 2. The highest BCUT2D eigenvalue weighted by atomic mass is 35.5. The molecule has 3 aromatic rings. The van der Waals surface area contributed by atoms with Gasteiger partial charge in [0.2, 0.25) is 0 Å². The molecule has 2 N–H and O–H groups in total. The summed E-state index contributed by atoms with van der Waals surface area (Å²) < 4.78 is 13.0. The molecule has 0 aromatic heterocycles. The molecule has 0 bridgehead atoms. The Labute approximate surface area is 192 Å². The Bertz CT molecular complexity index is 1000. The smallest absolute Gasteiger partial charge is 0.122 e. The van der Waals surface area contributed by atoms with Gasteiger partial charge in [-0.1, -0.05) is 66.2 Å². The summed E-state index contributed by atoms with van der Waals surface area (Å²) >= 11 is 6.15. The summed E-state index contributed by atoms with van der Waals surface area (Å²) in [7, 11) is 0. The fourth-order valence-electron chi connectivity index (χ4n) is 4.09. The molecule has 2 atom stereocenters. The molecule has 0 amide bonds. The quantitative estimate of drug-likeness (QED) is 0.466. The van der Waals surface area contributed by atoms with Crippen molar-refractivity contribution in [2.75, 3.05) is 18.3 Å². The average Bonchev–Trinajstić information content (AvgIpc) is 2.83. The lowest BCUT2D eigenvalue weighted by molar-refractivity contribution is -0.176. The van der Waals surface area contributed by atoms with E-state index >= 15 is 0 Å². The van der Waals surface area contributed by atoms with Crippen LogP contribution in [-0.2, 0) is 28.3 Å². The minimum Gasteiger partial charge on any atom is -0.733 e. The average molecular weight is 454 g/mol. The SMILES string of the molecule is [O-]N(O)c1cccc(COC2CNCCC2(OCc2ccccc2)c2ccc(Cl)cc2)c1. The van der Waals surface area contributed by atoms with Crippen molar-refractivity contribution < 1.29 is 14.7 Å². The highest BCUT2D eigenvalue weighted by Gasteiger charge is 2.44. The van der Waals surface area contributed by atoms with E-state index in [4.69, 9.17) is 21.1 Å². The maximum Gasteiger partial charge on any atom is 0.122 e. The van der Waals surface area contributed by atoms with E-state index in [-0.39, 0.29) is 23.6 Å². The van der Waals surface area contributed by atoms with Crippen LogP contribution in [0.3, 0.4) is 0 Å². The molecule has 4 rings (SSSR count). The van der Waals surface area contributed by atoms with Crippen molar-refractivity contribution in [2.45, 2.75) is 31.3 Å². The molecule has 1 fully saturated rings. The number of rotatable bonds is 8. The van der Waals surface area contributed by atoms with Crippen LogP contribution in [0.15, 0.2) is 78.9 Å². The summed E-state index contributed by atoms with van der Waals surface area (Å²) in [4.78, 5) is 0. The first-order chi connectivity index (χ1) is 15.6. The summed E-state index contributed by atoms with van der Waals surface area (Å²) in [6.07, 6.45) is 0.458. The van der Waals surface area contributed by atoms with Crippen LogP contribution in [0.25, 0.3) is 0 Å². The molecule has 6 nitrogen and oxygen atoms in total. The van der Waals surface area contributed by atoms with Crippen LogP contribution in [0.4, 0.5) is 5.69 Å². The van der Waals surface area contributed by atoms with Gasteiger partial charge in [0, 0.05) is 11.6 Å². The van der Waals surface area contributed by atoms with E-state index in [1.54, 1.807) is 18.2 Å². The van der Waals surface area contributed by atoms with E-state index in [2.05, 4.69) is 5.32 Å². The lowest BCUT2D eigenvalue weighted by Crippen LogP contribution is -2.54. The van der Waals surface area contributed by atoms with Crippen LogP contribution in [-0.4, -0.2) is 24.4 Å². The normalized spacial score (nSPS) is 20.8. The first kappa shape index (κ1) is 22.7. The second kappa shape index (κ2) is 10.4. The first-order valence-electron chi connectivity index (χ1n) is 10.6. The number of ether oxygens (including phenoxy) is 2. The summed E-state index contributed by atoms with van der Waals surface area (Å²) in [5.74, 6) is 0. The number of benzene rings is 3. The van der Waals surface area contributed by atoms with Gasteiger partial charge in [-0.2, -0.15) is 0 Å². The van der Waals surface area contributed by atoms with E-state index < -0.39 is 5.60 Å². The van der Waals surface area contributed by atoms with Crippen LogP contribution in [0.1, 0.15) is 23.1 Å². The lowest BCUT2D eigenvalue weighted by atomic mass is 9.82. The molecular formula is C25H26ClN2O4-. The van der Waals surface area contributed by atoms with E-state index in [1.807, 2.05) is 60.7 Å². The molecule has 0 aliphatic carbocycles. The molecule has 0 saturated carbocycles. The molecule has 0 spiro atoms. The van der Waals surface area contributed by atoms with Crippen molar-refractivity contribution in [3.05, 3.63) is 106 Å². The highest BCUT2D eigenvalue weighted by Crippen LogP contribution is 2.38. The number of hydrogen-bond acceptors (Lipinski definition) is 6. The van der Waals surface area contributed by atoms with Gasteiger partial charge in [-0.05, 0) is 53.9 Å².